The highest BCUT2D eigenvalue weighted by Crippen LogP contribution is 2.39. The first kappa shape index (κ1) is 19.7. The van der Waals surface area contributed by atoms with Gasteiger partial charge in [0, 0.05) is 16.3 Å². The standard InChI is InChI=1S/C22H22N2O3S2/c1-2-27-17-7-4-3-6-15(17)22(26)23-14-20(25)24-11-9-18-16(10-13-29-18)21(24)19-8-5-12-28-19/h3-8,10,12-13,21H,2,9,11,14H2,1H3,(H,23,26)/t21-/m0/s1. The maximum atomic E-state index is 13.1. The molecule has 3 aromatic rings. The van der Waals surface area contributed by atoms with Gasteiger partial charge in [0.1, 0.15) is 5.75 Å². The lowest BCUT2D eigenvalue weighted by atomic mass is 9.98. The first-order valence-electron chi connectivity index (χ1n) is 9.58. The molecule has 0 saturated carbocycles. The van der Waals surface area contributed by atoms with Crippen LogP contribution in [0.15, 0.2) is 53.2 Å². The van der Waals surface area contributed by atoms with E-state index in [4.69, 9.17) is 4.74 Å². The number of fused-ring (bicyclic) bond motifs is 1. The molecule has 3 heterocycles. The van der Waals surface area contributed by atoms with Gasteiger partial charge >= 0.3 is 0 Å². The Labute approximate surface area is 177 Å². The summed E-state index contributed by atoms with van der Waals surface area (Å²) in [5.74, 6) is 0.142. The number of hydrogen-bond donors (Lipinski definition) is 1. The van der Waals surface area contributed by atoms with Gasteiger partial charge in [0.25, 0.3) is 5.91 Å². The quantitative estimate of drug-likeness (QED) is 0.645. The Kier molecular flexibility index (Phi) is 5.97. The summed E-state index contributed by atoms with van der Waals surface area (Å²) in [6, 6.07) is 13.2. The summed E-state index contributed by atoms with van der Waals surface area (Å²) in [6.45, 7) is 2.96. The monoisotopic (exact) mass is 426 g/mol. The maximum Gasteiger partial charge on any atom is 0.255 e. The predicted molar refractivity (Wildman–Crippen MR) is 116 cm³/mol. The molecule has 1 atom stereocenters. The molecule has 2 amide bonds. The molecule has 0 fully saturated rings. The minimum atomic E-state index is -0.302. The van der Waals surface area contributed by atoms with Crippen LogP contribution in [0.3, 0.4) is 0 Å². The molecule has 1 aliphatic heterocycles. The van der Waals surface area contributed by atoms with E-state index in [9.17, 15) is 9.59 Å². The topological polar surface area (TPSA) is 58.6 Å². The summed E-state index contributed by atoms with van der Waals surface area (Å²) >= 11 is 3.40. The molecule has 4 rings (SSSR count). The van der Waals surface area contributed by atoms with Crippen molar-refractivity contribution < 1.29 is 14.3 Å². The average Bonchev–Trinajstić information content (AvgIpc) is 3.43. The molecule has 1 aromatic carbocycles. The van der Waals surface area contributed by atoms with Crippen molar-refractivity contribution in [1.82, 2.24) is 10.2 Å². The molecule has 150 valence electrons. The van der Waals surface area contributed by atoms with Crippen LogP contribution in [0.1, 0.15) is 38.6 Å². The number of nitrogens with zero attached hydrogens (tertiary/aromatic N) is 1. The molecular formula is C22H22N2O3S2. The molecule has 29 heavy (non-hydrogen) atoms. The summed E-state index contributed by atoms with van der Waals surface area (Å²) in [5.41, 5.74) is 1.64. The van der Waals surface area contributed by atoms with Crippen molar-refractivity contribution in [1.29, 1.82) is 0 Å². The smallest absolute Gasteiger partial charge is 0.255 e. The second-order valence-electron chi connectivity index (χ2n) is 6.67. The van der Waals surface area contributed by atoms with Crippen molar-refractivity contribution in [2.45, 2.75) is 19.4 Å². The molecule has 1 N–H and O–H groups in total. The van der Waals surface area contributed by atoms with Gasteiger partial charge in [-0.15, -0.1) is 22.7 Å². The third kappa shape index (κ3) is 4.06. The Morgan fingerprint density at radius 3 is 2.79 bits per heavy atom. The van der Waals surface area contributed by atoms with Crippen molar-refractivity contribution >= 4 is 34.5 Å². The Hall–Kier alpha value is -2.64. The number of hydrogen-bond acceptors (Lipinski definition) is 5. The van der Waals surface area contributed by atoms with Gasteiger partial charge < -0.3 is 15.0 Å². The minimum absolute atomic E-state index is 0.0410. The molecule has 0 unspecified atom stereocenters. The van der Waals surface area contributed by atoms with Crippen molar-refractivity contribution in [2.75, 3.05) is 19.7 Å². The van der Waals surface area contributed by atoms with Crippen LogP contribution in [0.4, 0.5) is 0 Å². The van der Waals surface area contributed by atoms with Crippen LogP contribution in [-0.4, -0.2) is 36.4 Å². The van der Waals surface area contributed by atoms with Gasteiger partial charge in [0.05, 0.1) is 24.8 Å². The fraction of sp³-hybridized carbons (Fsp3) is 0.273. The lowest BCUT2D eigenvalue weighted by Crippen LogP contribution is -2.45. The fourth-order valence-corrected chi connectivity index (χ4v) is 5.39. The Bertz CT molecular complexity index is 997. The van der Waals surface area contributed by atoms with E-state index in [1.807, 2.05) is 29.3 Å². The molecule has 0 saturated heterocycles. The molecule has 5 nitrogen and oxygen atoms in total. The van der Waals surface area contributed by atoms with Gasteiger partial charge in [-0.05, 0) is 53.9 Å². The zero-order valence-corrected chi connectivity index (χ0v) is 17.7. The highest BCUT2D eigenvalue weighted by Gasteiger charge is 2.33. The highest BCUT2D eigenvalue weighted by atomic mass is 32.1. The van der Waals surface area contributed by atoms with Crippen LogP contribution >= 0.6 is 22.7 Å². The first-order chi connectivity index (χ1) is 14.2. The van der Waals surface area contributed by atoms with E-state index in [1.54, 1.807) is 40.9 Å². The normalized spacial score (nSPS) is 15.6. The SMILES string of the molecule is CCOc1ccccc1C(=O)NCC(=O)N1CCc2sccc2[C@H]1c1cccs1. The lowest BCUT2D eigenvalue weighted by Gasteiger charge is -2.35. The van der Waals surface area contributed by atoms with E-state index in [0.29, 0.717) is 24.5 Å². The number of nitrogens with one attached hydrogen (secondary N) is 1. The molecule has 2 aromatic heterocycles. The Morgan fingerprint density at radius 1 is 1.14 bits per heavy atom. The van der Waals surface area contributed by atoms with E-state index in [2.05, 4.69) is 22.8 Å². The predicted octanol–water partition coefficient (Wildman–Crippen LogP) is 4.11. The Morgan fingerprint density at radius 2 is 2.00 bits per heavy atom. The molecule has 1 aliphatic rings. The summed E-state index contributed by atoms with van der Waals surface area (Å²) in [4.78, 5) is 30.1. The highest BCUT2D eigenvalue weighted by molar-refractivity contribution is 7.10. The fourth-order valence-electron chi connectivity index (χ4n) is 3.63. The summed E-state index contributed by atoms with van der Waals surface area (Å²) in [7, 11) is 0. The number of carbonyl (C=O) groups excluding carboxylic acids is 2. The number of rotatable bonds is 6. The van der Waals surface area contributed by atoms with E-state index >= 15 is 0 Å². The van der Waals surface area contributed by atoms with Gasteiger partial charge in [-0.25, -0.2) is 0 Å². The van der Waals surface area contributed by atoms with E-state index in [-0.39, 0.29) is 24.4 Å². The molecule has 0 radical (unpaired) electrons. The van der Waals surface area contributed by atoms with Gasteiger partial charge in [0.2, 0.25) is 5.91 Å². The first-order valence-corrected chi connectivity index (χ1v) is 11.3. The number of thiophene rings is 2. The van der Waals surface area contributed by atoms with E-state index < -0.39 is 0 Å². The largest absolute Gasteiger partial charge is 0.493 e. The second kappa shape index (κ2) is 8.80. The number of ether oxygens (including phenoxy) is 1. The van der Waals surface area contributed by atoms with Gasteiger partial charge in [-0.3, -0.25) is 9.59 Å². The van der Waals surface area contributed by atoms with Crippen molar-refractivity contribution in [3.8, 4) is 5.75 Å². The van der Waals surface area contributed by atoms with Gasteiger partial charge in [-0.2, -0.15) is 0 Å². The minimum Gasteiger partial charge on any atom is -0.493 e. The molecule has 0 aliphatic carbocycles. The van der Waals surface area contributed by atoms with E-state index in [0.717, 1.165) is 11.3 Å². The summed E-state index contributed by atoms with van der Waals surface area (Å²) in [6.07, 6.45) is 0.849. The zero-order chi connectivity index (χ0) is 20.2. The number of amides is 2. The van der Waals surface area contributed by atoms with Crippen LogP contribution < -0.4 is 10.1 Å². The molecule has 7 heteroatoms. The third-order valence-electron chi connectivity index (χ3n) is 4.93. The van der Waals surface area contributed by atoms with Crippen molar-refractivity contribution in [3.63, 3.8) is 0 Å². The average molecular weight is 427 g/mol. The van der Waals surface area contributed by atoms with Crippen LogP contribution in [0, 0.1) is 0 Å². The number of benzene rings is 1. The number of para-hydroxylation sites is 1. The van der Waals surface area contributed by atoms with Crippen LogP contribution in [0.5, 0.6) is 5.75 Å². The van der Waals surface area contributed by atoms with E-state index in [1.165, 1.54) is 10.4 Å². The van der Waals surface area contributed by atoms with Crippen molar-refractivity contribution in [2.24, 2.45) is 0 Å². The number of carbonyl (C=O) groups is 2. The van der Waals surface area contributed by atoms with Gasteiger partial charge in [0.15, 0.2) is 0 Å². The lowest BCUT2D eigenvalue weighted by molar-refractivity contribution is -0.132. The zero-order valence-electron chi connectivity index (χ0n) is 16.1. The Balaban J connectivity index is 1.49. The molecule has 0 spiro atoms. The molecular weight excluding hydrogens is 404 g/mol. The molecule has 0 bridgehead atoms. The summed E-state index contributed by atoms with van der Waals surface area (Å²) < 4.78 is 5.52. The van der Waals surface area contributed by atoms with Crippen LogP contribution in [0.25, 0.3) is 0 Å². The third-order valence-corrected chi connectivity index (χ3v) is 6.85. The van der Waals surface area contributed by atoms with Gasteiger partial charge in [-0.1, -0.05) is 18.2 Å². The summed E-state index contributed by atoms with van der Waals surface area (Å²) in [5, 5.41) is 6.90. The second-order valence-corrected chi connectivity index (χ2v) is 8.65. The maximum absolute atomic E-state index is 13.1. The van der Waals surface area contributed by atoms with Crippen molar-refractivity contribution in [3.05, 3.63) is 74.1 Å². The van der Waals surface area contributed by atoms with Crippen LogP contribution in [-0.2, 0) is 11.2 Å². The van der Waals surface area contributed by atoms with Crippen LogP contribution in [0.2, 0.25) is 0 Å².